The van der Waals surface area contributed by atoms with Crippen LogP contribution in [0, 0.1) is 0 Å². The molecule has 1 saturated heterocycles. The fourth-order valence-electron chi connectivity index (χ4n) is 2.47. The van der Waals surface area contributed by atoms with Gasteiger partial charge in [-0.1, -0.05) is 18.7 Å². The molecule has 6 nitrogen and oxygen atoms in total. The molecule has 1 heterocycles. The lowest BCUT2D eigenvalue weighted by Gasteiger charge is -2.16. The summed E-state index contributed by atoms with van der Waals surface area (Å²) in [5.74, 6) is 0.0254. The summed E-state index contributed by atoms with van der Waals surface area (Å²) in [7, 11) is -3.29. The van der Waals surface area contributed by atoms with Gasteiger partial charge < -0.3 is 10.1 Å². The molecular formula is C17H24N2O4S. The molecule has 0 atom stereocenters. The Kier molecular flexibility index (Phi) is 6.39. The highest BCUT2D eigenvalue weighted by atomic mass is 32.2. The van der Waals surface area contributed by atoms with Gasteiger partial charge in [0.15, 0.2) is 0 Å². The Morgan fingerprint density at radius 1 is 1.29 bits per heavy atom. The van der Waals surface area contributed by atoms with Gasteiger partial charge in [0.2, 0.25) is 10.0 Å². The fraction of sp³-hybridized carbons (Fsp3) is 0.471. The number of amides is 1. The van der Waals surface area contributed by atoms with Crippen molar-refractivity contribution < 1.29 is 17.9 Å². The van der Waals surface area contributed by atoms with Crippen LogP contribution in [-0.4, -0.2) is 50.6 Å². The van der Waals surface area contributed by atoms with Crippen molar-refractivity contribution in [3.63, 3.8) is 0 Å². The summed E-state index contributed by atoms with van der Waals surface area (Å²) < 4.78 is 31.3. The molecule has 1 aromatic rings. The Bertz CT molecular complexity index is 694. The molecule has 24 heavy (non-hydrogen) atoms. The van der Waals surface area contributed by atoms with Gasteiger partial charge in [0.05, 0.1) is 11.3 Å². The Labute approximate surface area is 143 Å². The first kappa shape index (κ1) is 18.5. The molecular weight excluding hydrogens is 328 g/mol. The van der Waals surface area contributed by atoms with E-state index in [1.807, 2.05) is 6.92 Å². The predicted molar refractivity (Wildman–Crippen MR) is 93.7 cm³/mol. The number of carbonyl (C=O) groups is 1. The number of rotatable bonds is 8. The van der Waals surface area contributed by atoms with Crippen LogP contribution in [-0.2, 0) is 10.0 Å². The first-order valence-electron chi connectivity index (χ1n) is 8.02. The van der Waals surface area contributed by atoms with Crippen molar-refractivity contribution in [1.82, 2.24) is 9.62 Å². The van der Waals surface area contributed by atoms with Crippen molar-refractivity contribution >= 4 is 15.9 Å². The Morgan fingerprint density at radius 3 is 2.62 bits per heavy atom. The van der Waals surface area contributed by atoms with E-state index in [0.29, 0.717) is 31.0 Å². The van der Waals surface area contributed by atoms with Crippen molar-refractivity contribution in [2.75, 3.05) is 32.0 Å². The number of benzene rings is 1. The van der Waals surface area contributed by atoms with Crippen molar-refractivity contribution in [1.29, 1.82) is 0 Å². The van der Waals surface area contributed by atoms with Crippen molar-refractivity contribution in [2.45, 2.75) is 19.8 Å². The lowest BCUT2D eigenvalue weighted by Crippen LogP contribution is -2.36. The monoisotopic (exact) mass is 352 g/mol. The molecule has 0 unspecified atom stereocenters. The molecule has 7 heteroatoms. The number of sulfonamides is 1. The maximum absolute atomic E-state index is 12.3. The third-order valence-electron chi connectivity index (χ3n) is 3.71. The molecule has 2 rings (SSSR count). The Hall–Kier alpha value is -1.86. The van der Waals surface area contributed by atoms with E-state index in [1.165, 1.54) is 4.31 Å². The van der Waals surface area contributed by atoms with Gasteiger partial charge in [-0.2, -0.15) is 0 Å². The van der Waals surface area contributed by atoms with Crippen LogP contribution < -0.4 is 10.1 Å². The molecule has 0 spiro atoms. The minimum absolute atomic E-state index is 0.0759. The summed E-state index contributed by atoms with van der Waals surface area (Å²) in [5, 5.41) is 2.66. The van der Waals surface area contributed by atoms with Gasteiger partial charge in [0.25, 0.3) is 5.91 Å². The predicted octanol–water partition coefficient (Wildman–Crippen LogP) is 1.80. The molecule has 1 aromatic carbocycles. The molecule has 1 amide bonds. The highest BCUT2D eigenvalue weighted by molar-refractivity contribution is 7.89. The number of para-hydroxylation sites is 1. The van der Waals surface area contributed by atoms with Crippen LogP contribution in [0.4, 0.5) is 0 Å². The number of hydrogen-bond acceptors (Lipinski definition) is 4. The Balaban J connectivity index is 1.91. The molecule has 0 aromatic heterocycles. The second-order valence-electron chi connectivity index (χ2n) is 5.92. The maximum atomic E-state index is 12.3. The van der Waals surface area contributed by atoms with Crippen LogP contribution in [0.25, 0.3) is 0 Å². The first-order chi connectivity index (χ1) is 11.4. The van der Waals surface area contributed by atoms with Crippen molar-refractivity contribution in [2.24, 2.45) is 0 Å². The van der Waals surface area contributed by atoms with Crippen molar-refractivity contribution in [3.05, 3.63) is 42.0 Å². The van der Waals surface area contributed by atoms with Gasteiger partial charge in [-0.15, -0.1) is 0 Å². The summed E-state index contributed by atoms with van der Waals surface area (Å²) >= 11 is 0. The number of nitrogens with one attached hydrogen (secondary N) is 1. The molecule has 0 aliphatic carbocycles. The standard InChI is InChI=1S/C17H24N2O4S/c1-14(2)13-23-16-8-4-3-7-15(16)17(20)18-9-12-24(21,22)19-10-5-6-11-19/h3-4,7-8H,1,5-6,9-13H2,2H3,(H,18,20). The van der Waals surface area contributed by atoms with Crippen molar-refractivity contribution in [3.8, 4) is 5.75 Å². The average molecular weight is 352 g/mol. The van der Waals surface area contributed by atoms with Gasteiger partial charge in [-0.25, -0.2) is 12.7 Å². The number of hydrogen-bond donors (Lipinski definition) is 1. The van der Waals surface area contributed by atoms with Crippen LogP contribution in [0.1, 0.15) is 30.1 Å². The lowest BCUT2D eigenvalue weighted by atomic mass is 10.2. The summed E-state index contributed by atoms with van der Waals surface area (Å²) in [4.78, 5) is 12.3. The zero-order valence-electron chi connectivity index (χ0n) is 14.0. The highest BCUT2D eigenvalue weighted by Crippen LogP contribution is 2.18. The van der Waals surface area contributed by atoms with Gasteiger partial charge in [0.1, 0.15) is 12.4 Å². The molecule has 0 radical (unpaired) electrons. The topological polar surface area (TPSA) is 75.7 Å². The van der Waals surface area contributed by atoms with Gasteiger partial charge in [-0.3, -0.25) is 4.79 Å². The van der Waals surface area contributed by atoms with E-state index in [1.54, 1.807) is 24.3 Å². The quantitative estimate of drug-likeness (QED) is 0.724. The van der Waals surface area contributed by atoms with Crippen LogP contribution >= 0.6 is 0 Å². The van der Waals surface area contributed by atoms with E-state index >= 15 is 0 Å². The Morgan fingerprint density at radius 2 is 1.96 bits per heavy atom. The average Bonchev–Trinajstić information content (AvgIpc) is 3.08. The summed E-state index contributed by atoms with van der Waals surface area (Å²) in [6.07, 6.45) is 1.80. The first-order valence-corrected chi connectivity index (χ1v) is 9.63. The lowest BCUT2D eigenvalue weighted by molar-refractivity contribution is 0.0952. The second kappa shape index (κ2) is 8.30. The third kappa shape index (κ3) is 5.07. The van der Waals surface area contributed by atoms with Crippen LogP contribution in [0.3, 0.4) is 0 Å². The van der Waals surface area contributed by atoms with Gasteiger partial charge in [-0.05, 0) is 37.5 Å². The zero-order valence-corrected chi connectivity index (χ0v) is 14.8. The number of carbonyl (C=O) groups excluding carboxylic acids is 1. The minimum Gasteiger partial charge on any atom is -0.488 e. The van der Waals surface area contributed by atoms with Gasteiger partial charge >= 0.3 is 0 Å². The summed E-state index contributed by atoms with van der Waals surface area (Å²) in [5.41, 5.74) is 1.24. The molecule has 1 aliphatic rings. The van der Waals surface area contributed by atoms with E-state index in [-0.39, 0.29) is 18.2 Å². The molecule has 1 aliphatic heterocycles. The van der Waals surface area contributed by atoms with E-state index in [9.17, 15) is 13.2 Å². The number of ether oxygens (including phenoxy) is 1. The SMILES string of the molecule is C=C(C)COc1ccccc1C(=O)NCCS(=O)(=O)N1CCCC1. The van der Waals surface area contributed by atoms with Gasteiger partial charge in [0, 0.05) is 19.6 Å². The normalized spacial score (nSPS) is 15.2. The highest BCUT2D eigenvalue weighted by Gasteiger charge is 2.25. The molecule has 0 bridgehead atoms. The number of nitrogens with zero attached hydrogens (tertiary/aromatic N) is 1. The van der Waals surface area contributed by atoms with Crippen LogP contribution in [0.2, 0.25) is 0 Å². The van der Waals surface area contributed by atoms with Crippen LogP contribution in [0.5, 0.6) is 5.75 Å². The second-order valence-corrected chi connectivity index (χ2v) is 8.01. The minimum atomic E-state index is -3.29. The molecule has 1 fully saturated rings. The van der Waals surface area contributed by atoms with E-state index < -0.39 is 10.0 Å². The summed E-state index contributed by atoms with van der Waals surface area (Å²) in [6.45, 7) is 7.16. The smallest absolute Gasteiger partial charge is 0.255 e. The molecule has 1 N–H and O–H groups in total. The molecule has 0 saturated carbocycles. The largest absolute Gasteiger partial charge is 0.488 e. The van der Waals surface area contributed by atoms with E-state index in [0.717, 1.165) is 18.4 Å². The summed E-state index contributed by atoms with van der Waals surface area (Å²) in [6, 6.07) is 6.88. The fourth-order valence-corrected chi connectivity index (χ4v) is 3.90. The van der Waals surface area contributed by atoms with E-state index in [4.69, 9.17) is 4.74 Å². The third-order valence-corrected chi connectivity index (χ3v) is 5.58. The maximum Gasteiger partial charge on any atom is 0.255 e. The zero-order chi connectivity index (χ0) is 17.6. The van der Waals surface area contributed by atoms with E-state index in [2.05, 4.69) is 11.9 Å². The van der Waals surface area contributed by atoms with Crippen LogP contribution in [0.15, 0.2) is 36.4 Å². The molecule has 132 valence electrons.